The summed E-state index contributed by atoms with van der Waals surface area (Å²) in [4.78, 5) is 11.9. The van der Waals surface area contributed by atoms with Gasteiger partial charge in [0.05, 0.1) is 0 Å². The van der Waals surface area contributed by atoms with Crippen LogP contribution in [-0.2, 0) is 4.79 Å². The number of rotatable bonds is 2. The summed E-state index contributed by atoms with van der Waals surface area (Å²) in [5, 5.41) is 0. The van der Waals surface area contributed by atoms with Crippen LogP contribution in [0.2, 0.25) is 0 Å². The lowest BCUT2D eigenvalue weighted by atomic mass is 9.65. The second-order valence-electron chi connectivity index (χ2n) is 4.86. The van der Waals surface area contributed by atoms with Crippen LogP contribution in [0.3, 0.4) is 0 Å². The van der Waals surface area contributed by atoms with E-state index in [4.69, 9.17) is 0 Å². The van der Waals surface area contributed by atoms with E-state index < -0.39 is 0 Å². The maximum Gasteiger partial charge on any atom is 0.159 e. The Balaban J connectivity index is 2.93. The zero-order valence-electron chi connectivity index (χ0n) is 9.58. The molecule has 0 unspecified atom stereocenters. The molecule has 0 bridgehead atoms. The van der Waals surface area contributed by atoms with Crippen LogP contribution >= 0.6 is 0 Å². The minimum Gasteiger partial charge on any atom is -0.295 e. The molecule has 1 nitrogen and oxygen atoms in total. The van der Waals surface area contributed by atoms with Crippen LogP contribution in [0.25, 0.3) is 0 Å². The van der Waals surface area contributed by atoms with E-state index in [0.29, 0.717) is 5.92 Å². The molecule has 14 heavy (non-hydrogen) atoms. The van der Waals surface area contributed by atoms with Gasteiger partial charge in [-0.05, 0) is 30.8 Å². The highest BCUT2D eigenvalue weighted by Crippen LogP contribution is 2.41. The van der Waals surface area contributed by atoms with Crippen LogP contribution in [0.1, 0.15) is 34.1 Å². The molecule has 78 valence electrons. The summed E-state index contributed by atoms with van der Waals surface area (Å²) >= 11 is 0. The van der Waals surface area contributed by atoms with Crippen molar-refractivity contribution in [2.45, 2.75) is 34.1 Å². The van der Waals surface area contributed by atoms with E-state index in [0.717, 1.165) is 6.42 Å². The van der Waals surface area contributed by atoms with Gasteiger partial charge in [-0.3, -0.25) is 4.79 Å². The predicted molar refractivity (Wildman–Crippen MR) is 60.0 cm³/mol. The highest BCUT2D eigenvalue weighted by molar-refractivity contribution is 5.92. The molecule has 0 saturated heterocycles. The lowest BCUT2D eigenvalue weighted by Gasteiger charge is -2.38. The lowest BCUT2D eigenvalue weighted by Crippen LogP contribution is -2.36. The third-order valence-corrected chi connectivity index (χ3v) is 3.09. The van der Waals surface area contributed by atoms with Gasteiger partial charge in [-0.25, -0.2) is 0 Å². The van der Waals surface area contributed by atoms with Crippen molar-refractivity contribution in [1.82, 2.24) is 0 Å². The summed E-state index contributed by atoms with van der Waals surface area (Å²) in [6.45, 7) is 8.38. The zero-order valence-corrected chi connectivity index (χ0v) is 9.58. The van der Waals surface area contributed by atoms with Crippen LogP contribution in [0.4, 0.5) is 0 Å². The number of allylic oxidation sites excluding steroid dienone is 4. The molecular weight excluding hydrogens is 172 g/mol. The topological polar surface area (TPSA) is 17.1 Å². The number of carbonyl (C=O) groups is 1. The van der Waals surface area contributed by atoms with Crippen molar-refractivity contribution < 1.29 is 4.79 Å². The monoisotopic (exact) mass is 192 g/mol. The van der Waals surface area contributed by atoms with Gasteiger partial charge in [0.25, 0.3) is 0 Å². The van der Waals surface area contributed by atoms with Crippen molar-refractivity contribution in [2.75, 3.05) is 0 Å². The lowest BCUT2D eigenvalue weighted by molar-refractivity contribution is -0.123. The summed E-state index contributed by atoms with van der Waals surface area (Å²) in [5.74, 6) is 0.778. The van der Waals surface area contributed by atoms with Gasteiger partial charge in [0.15, 0.2) is 5.78 Å². The molecule has 0 heterocycles. The Labute approximate surface area is 86.9 Å². The molecule has 0 aliphatic heterocycles. The van der Waals surface area contributed by atoms with Crippen LogP contribution in [0.5, 0.6) is 0 Å². The van der Waals surface area contributed by atoms with E-state index in [9.17, 15) is 4.79 Å². The Hall–Kier alpha value is -0.850. The Morgan fingerprint density at radius 2 is 2.14 bits per heavy atom. The van der Waals surface area contributed by atoms with Crippen molar-refractivity contribution in [3.8, 4) is 0 Å². The quantitative estimate of drug-likeness (QED) is 0.484. The van der Waals surface area contributed by atoms with Gasteiger partial charge in [-0.1, -0.05) is 39.0 Å². The highest BCUT2D eigenvalue weighted by atomic mass is 16.1. The van der Waals surface area contributed by atoms with E-state index in [1.54, 1.807) is 6.08 Å². The van der Waals surface area contributed by atoms with E-state index in [1.807, 2.05) is 13.0 Å². The SMILES string of the molecule is CC=CC(=O)[C@H]1[C@@H](C)C=CCC1(C)C. The third-order valence-electron chi connectivity index (χ3n) is 3.09. The molecule has 0 amide bonds. The largest absolute Gasteiger partial charge is 0.295 e. The van der Waals surface area contributed by atoms with Gasteiger partial charge < -0.3 is 0 Å². The maximum absolute atomic E-state index is 11.9. The fraction of sp³-hybridized carbons (Fsp3) is 0.615. The Kier molecular flexibility index (Phi) is 3.30. The minimum absolute atomic E-state index is 0.102. The Morgan fingerprint density at radius 3 is 2.64 bits per heavy atom. The summed E-state index contributed by atoms with van der Waals surface area (Å²) in [5.41, 5.74) is 0.102. The van der Waals surface area contributed by atoms with E-state index >= 15 is 0 Å². The molecule has 0 saturated carbocycles. The van der Waals surface area contributed by atoms with Crippen molar-refractivity contribution in [3.63, 3.8) is 0 Å². The zero-order chi connectivity index (χ0) is 10.8. The molecule has 1 heteroatoms. The summed E-state index contributed by atoms with van der Waals surface area (Å²) in [7, 11) is 0. The molecule has 0 fully saturated rings. The first-order valence-corrected chi connectivity index (χ1v) is 5.32. The molecule has 0 aromatic carbocycles. The molecule has 0 spiro atoms. The van der Waals surface area contributed by atoms with E-state index in [1.165, 1.54) is 0 Å². The molecule has 1 aliphatic rings. The molecule has 0 radical (unpaired) electrons. The molecule has 0 aromatic rings. The number of ketones is 1. The maximum atomic E-state index is 11.9. The standard InChI is InChI=1S/C13H20O/c1-5-7-11(14)12-10(2)8-6-9-13(12,3)4/h5-8,10,12H,9H2,1-4H3/t10-,12+/m0/s1. The fourth-order valence-corrected chi connectivity index (χ4v) is 2.45. The molecule has 1 aliphatic carbocycles. The Bertz CT molecular complexity index is 271. The predicted octanol–water partition coefficient (Wildman–Crippen LogP) is 3.37. The molecule has 1 rings (SSSR count). The second-order valence-corrected chi connectivity index (χ2v) is 4.86. The molecule has 0 N–H and O–H groups in total. The summed E-state index contributed by atoms with van der Waals surface area (Å²) in [6.07, 6.45) is 8.91. The second kappa shape index (κ2) is 4.12. The van der Waals surface area contributed by atoms with Crippen molar-refractivity contribution in [2.24, 2.45) is 17.3 Å². The van der Waals surface area contributed by atoms with Gasteiger partial charge in [0, 0.05) is 5.92 Å². The van der Waals surface area contributed by atoms with Crippen LogP contribution in [0, 0.1) is 17.3 Å². The van der Waals surface area contributed by atoms with Crippen molar-refractivity contribution in [3.05, 3.63) is 24.3 Å². The van der Waals surface area contributed by atoms with Gasteiger partial charge >= 0.3 is 0 Å². The Morgan fingerprint density at radius 1 is 1.50 bits per heavy atom. The van der Waals surface area contributed by atoms with Crippen molar-refractivity contribution >= 4 is 5.78 Å². The van der Waals surface area contributed by atoms with Gasteiger partial charge in [0.2, 0.25) is 0 Å². The van der Waals surface area contributed by atoms with Gasteiger partial charge in [0.1, 0.15) is 0 Å². The van der Waals surface area contributed by atoms with E-state index in [2.05, 4.69) is 32.9 Å². The summed E-state index contributed by atoms with van der Waals surface area (Å²) < 4.78 is 0. The average Bonchev–Trinajstić information content (AvgIpc) is 2.02. The van der Waals surface area contributed by atoms with E-state index in [-0.39, 0.29) is 17.1 Å². The van der Waals surface area contributed by atoms with Crippen molar-refractivity contribution in [1.29, 1.82) is 0 Å². The molecular formula is C13H20O. The number of hydrogen-bond acceptors (Lipinski definition) is 1. The first-order chi connectivity index (χ1) is 6.49. The minimum atomic E-state index is 0.102. The van der Waals surface area contributed by atoms with Crippen LogP contribution in [-0.4, -0.2) is 5.78 Å². The molecule has 0 aromatic heterocycles. The van der Waals surface area contributed by atoms with Gasteiger partial charge in [-0.2, -0.15) is 0 Å². The van der Waals surface area contributed by atoms with Gasteiger partial charge in [-0.15, -0.1) is 0 Å². The fourth-order valence-electron chi connectivity index (χ4n) is 2.45. The number of hydrogen-bond donors (Lipinski definition) is 0. The smallest absolute Gasteiger partial charge is 0.159 e. The van der Waals surface area contributed by atoms with Crippen LogP contribution in [0.15, 0.2) is 24.3 Å². The average molecular weight is 192 g/mol. The first kappa shape index (κ1) is 11.2. The normalized spacial score (nSPS) is 30.9. The third kappa shape index (κ3) is 2.14. The molecule has 2 atom stereocenters. The summed E-state index contributed by atoms with van der Waals surface area (Å²) in [6, 6.07) is 0. The first-order valence-electron chi connectivity index (χ1n) is 5.32. The van der Waals surface area contributed by atoms with Crippen LogP contribution < -0.4 is 0 Å². The highest BCUT2D eigenvalue weighted by Gasteiger charge is 2.38. The number of carbonyl (C=O) groups excluding carboxylic acids is 1.